The van der Waals surface area contributed by atoms with Gasteiger partial charge in [-0.1, -0.05) is 69.0 Å². The average molecular weight is 734 g/mol. The molecule has 0 radical (unpaired) electrons. The summed E-state index contributed by atoms with van der Waals surface area (Å²) in [5.74, 6) is -1.39. The Bertz CT molecular complexity index is 1680. The van der Waals surface area contributed by atoms with Gasteiger partial charge in [0.05, 0.1) is 4.92 Å². The van der Waals surface area contributed by atoms with Crippen LogP contribution in [-0.2, 0) is 37.0 Å². The fourth-order valence-electron chi connectivity index (χ4n) is 4.62. The maximum atomic E-state index is 13.5. The van der Waals surface area contributed by atoms with Gasteiger partial charge in [-0.3, -0.25) is 19.7 Å². The number of carbonyl (C=O) groups is 5. The van der Waals surface area contributed by atoms with E-state index < -0.39 is 47.2 Å². The highest BCUT2D eigenvalue weighted by Gasteiger charge is 2.29. The zero-order valence-electron chi connectivity index (χ0n) is 29.4. The molecule has 0 aliphatic carbocycles. The van der Waals surface area contributed by atoms with Crippen LogP contribution < -0.4 is 26.0 Å². The monoisotopic (exact) mass is 733 g/mol. The zero-order chi connectivity index (χ0) is 38.6. The topological polar surface area (TPSA) is 214 Å². The number of nitrogens with one attached hydrogen (secondary N) is 4. The molecule has 4 amide bonds. The second kappa shape index (κ2) is 21.7. The van der Waals surface area contributed by atoms with Gasteiger partial charge in [-0.15, -0.1) is 0 Å². The highest BCUT2D eigenvalue weighted by molar-refractivity contribution is 5.98. The number of hydrogen-bond acceptors (Lipinski definition) is 11. The maximum absolute atomic E-state index is 13.5. The lowest BCUT2D eigenvalue weighted by Crippen LogP contribution is -2.54. The SMILES string of the molecule is C=CCOC(=O)NCCCC[C@H](NC(=O)C(NC(=O)OCc1ccccc1)C(C)C)C(=O)Nc1ccc(COC(=O)Oc2ccc([N+](=O)[O-])cc2)cc1. The third-order valence-corrected chi connectivity index (χ3v) is 7.42. The smallest absolute Gasteiger partial charge is 0.445 e. The molecule has 16 nitrogen and oxygen atoms in total. The normalized spacial score (nSPS) is 11.6. The van der Waals surface area contributed by atoms with Crippen LogP contribution in [0.15, 0.2) is 91.5 Å². The number of amides is 4. The van der Waals surface area contributed by atoms with E-state index >= 15 is 0 Å². The van der Waals surface area contributed by atoms with E-state index in [2.05, 4.69) is 27.8 Å². The lowest BCUT2D eigenvalue weighted by atomic mass is 10.0. The van der Waals surface area contributed by atoms with Gasteiger partial charge in [0.25, 0.3) is 5.69 Å². The highest BCUT2D eigenvalue weighted by Crippen LogP contribution is 2.18. The number of nitro groups is 1. The summed E-state index contributed by atoms with van der Waals surface area (Å²) in [7, 11) is 0. The molecule has 3 aromatic carbocycles. The molecule has 0 spiro atoms. The van der Waals surface area contributed by atoms with Crippen molar-refractivity contribution < 1.29 is 47.8 Å². The van der Waals surface area contributed by atoms with Crippen molar-refractivity contribution in [1.29, 1.82) is 0 Å². The average Bonchev–Trinajstić information content (AvgIpc) is 3.14. The van der Waals surface area contributed by atoms with Crippen LogP contribution in [0.4, 0.5) is 25.8 Å². The number of nitro benzene ring substituents is 1. The lowest BCUT2D eigenvalue weighted by molar-refractivity contribution is -0.384. The third kappa shape index (κ3) is 15.1. The second-order valence-corrected chi connectivity index (χ2v) is 11.9. The molecular formula is C37H43N5O11. The predicted molar refractivity (Wildman–Crippen MR) is 193 cm³/mol. The molecule has 0 fully saturated rings. The Hall–Kier alpha value is -6.45. The van der Waals surface area contributed by atoms with E-state index in [-0.39, 0.29) is 50.1 Å². The fraction of sp³-hybridized carbons (Fsp3) is 0.324. The lowest BCUT2D eigenvalue weighted by Gasteiger charge is -2.25. The summed E-state index contributed by atoms with van der Waals surface area (Å²) in [6.07, 6.45) is 0.143. The van der Waals surface area contributed by atoms with Crippen LogP contribution in [-0.4, -0.2) is 60.3 Å². The molecule has 1 unspecified atom stereocenters. The predicted octanol–water partition coefficient (Wildman–Crippen LogP) is 5.77. The minimum Gasteiger partial charge on any atom is -0.445 e. The van der Waals surface area contributed by atoms with Crippen molar-refractivity contribution in [3.63, 3.8) is 0 Å². The van der Waals surface area contributed by atoms with Gasteiger partial charge in [0, 0.05) is 24.4 Å². The first-order chi connectivity index (χ1) is 25.4. The number of nitrogens with zero attached hydrogens (tertiary/aromatic N) is 1. The number of unbranched alkanes of at least 4 members (excludes halogenated alkanes) is 1. The minimum absolute atomic E-state index is 0.0104. The number of alkyl carbamates (subject to hydrolysis) is 2. The van der Waals surface area contributed by atoms with E-state index in [1.807, 2.05) is 18.2 Å². The highest BCUT2D eigenvalue weighted by atomic mass is 16.7. The molecule has 4 N–H and O–H groups in total. The van der Waals surface area contributed by atoms with Crippen molar-refractivity contribution in [2.45, 2.75) is 58.4 Å². The molecule has 0 aliphatic heterocycles. The van der Waals surface area contributed by atoms with E-state index in [0.717, 1.165) is 5.56 Å². The standard InChI is InChI=1S/C37H43N5O11/c1-4-22-50-35(45)38-21-9-8-12-31(40-34(44)32(25(2)3)41-36(46)51-23-26-10-6-5-7-11-26)33(43)39-28-15-13-27(14-16-28)24-52-37(47)53-30-19-17-29(18-20-30)42(48)49/h4-7,10-11,13-20,25,31-32H,1,8-9,12,21-24H2,2-3H3,(H,38,45)(H,39,43)(H,40,44)(H,41,46)/t31-,32?/m0/s1. The number of benzene rings is 3. The summed E-state index contributed by atoms with van der Waals surface area (Å²) in [5.41, 5.74) is 1.58. The Morgan fingerprint density at radius 3 is 2.09 bits per heavy atom. The Labute approximate surface area is 306 Å². The summed E-state index contributed by atoms with van der Waals surface area (Å²) < 4.78 is 20.3. The van der Waals surface area contributed by atoms with Crippen molar-refractivity contribution in [3.05, 3.63) is 113 Å². The van der Waals surface area contributed by atoms with Gasteiger partial charge < -0.3 is 40.2 Å². The number of rotatable bonds is 19. The van der Waals surface area contributed by atoms with E-state index in [0.29, 0.717) is 24.1 Å². The third-order valence-electron chi connectivity index (χ3n) is 7.42. The van der Waals surface area contributed by atoms with Crippen molar-refractivity contribution in [3.8, 4) is 5.75 Å². The number of non-ortho nitro benzene ring substituents is 1. The van der Waals surface area contributed by atoms with Crippen LogP contribution in [0.1, 0.15) is 44.2 Å². The van der Waals surface area contributed by atoms with Gasteiger partial charge in [0.2, 0.25) is 11.8 Å². The second-order valence-electron chi connectivity index (χ2n) is 11.9. The van der Waals surface area contributed by atoms with Crippen molar-refractivity contribution in [2.24, 2.45) is 5.92 Å². The molecule has 282 valence electrons. The first-order valence-electron chi connectivity index (χ1n) is 16.7. The van der Waals surface area contributed by atoms with Crippen molar-refractivity contribution >= 4 is 41.5 Å². The molecule has 53 heavy (non-hydrogen) atoms. The quantitative estimate of drug-likeness (QED) is 0.0221. The van der Waals surface area contributed by atoms with Crippen molar-refractivity contribution in [1.82, 2.24) is 16.0 Å². The summed E-state index contributed by atoms with van der Waals surface area (Å²) in [6.45, 7) is 7.16. The number of anilines is 1. The molecule has 0 bridgehead atoms. The van der Waals surface area contributed by atoms with Gasteiger partial charge in [0.1, 0.15) is 37.7 Å². The van der Waals surface area contributed by atoms with Crippen molar-refractivity contribution in [2.75, 3.05) is 18.5 Å². The van der Waals surface area contributed by atoms with E-state index in [4.69, 9.17) is 18.9 Å². The van der Waals surface area contributed by atoms with Crippen LogP contribution in [0.2, 0.25) is 0 Å². The molecule has 0 saturated carbocycles. The van der Waals surface area contributed by atoms with E-state index in [9.17, 15) is 34.1 Å². The molecule has 0 heterocycles. The van der Waals surface area contributed by atoms with Gasteiger partial charge in [0.15, 0.2) is 0 Å². The van der Waals surface area contributed by atoms with Crippen LogP contribution in [0, 0.1) is 16.0 Å². The Morgan fingerprint density at radius 1 is 0.792 bits per heavy atom. The number of hydrogen-bond donors (Lipinski definition) is 4. The molecule has 16 heteroatoms. The zero-order valence-corrected chi connectivity index (χ0v) is 29.4. The molecule has 0 saturated heterocycles. The largest absolute Gasteiger partial charge is 0.514 e. The van der Waals surface area contributed by atoms with Gasteiger partial charge in [-0.25, -0.2) is 14.4 Å². The van der Waals surface area contributed by atoms with Gasteiger partial charge >= 0.3 is 18.3 Å². The molecule has 0 aromatic heterocycles. The Kier molecular flexibility index (Phi) is 16.8. The summed E-state index contributed by atoms with van der Waals surface area (Å²) in [5, 5.41) is 21.5. The van der Waals surface area contributed by atoms with Crippen LogP contribution in [0.5, 0.6) is 5.75 Å². The fourth-order valence-corrected chi connectivity index (χ4v) is 4.62. The summed E-state index contributed by atoms with van der Waals surface area (Å²) in [6, 6.07) is 18.3. The molecular weight excluding hydrogens is 690 g/mol. The van der Waals surface area contributed by atoms with E-state index in [1.54, 1.807) is 50.2 Å². The molecule has 3 aromatic rings. The summed E-state index contributed by atoms with van der Waals surface area (Å²) >= 11 is 0. The maximum Gasteiger partial charge on any atom is 0.514 e. The van der Waals surface area contributed by atoms with Gasteiger partial charge in [-0.2, -0.15) is 0 Å². The minimum atomic E-state index is -1.02. The first kappa shape index (κ1) is 41.0. The summed E-state index contributed by atoms with van der Waals surface area (Å²) in [4.78, 5) is 73.5. The number of carbonyl (C=O) groups excluding carboxylic acids is 5. The van der Waals surface area contributed by atoms with E-state index in [1.165, 1.54) is 30.3 Å². The van der Waals surface area contributed by atoms with Crippen LogP contribution in [0.25, 0.3) is 0 Å². The van der Waals surface area contributed by atoms with Crippen LogP contribution in [0.3, 0.4) is 0 Å². The first-order valence-corrected chi connectivity index (χ1v) is 16.7. The van der Waals surface area contributed by atoms with Crippen LogP contribution >= 0.6 is 0 Å². The van der Waals surface area contributed by atoms with Gasteiger partial charge in [-0.05, 0) is 60.6 Å². The number of ether oxygens (including phenoxy) is 4. The Morgan fingerprint density at radius 2 is 1.45 bits per heavy atom. The Balaban J connectivity index is 1.59. The molecule has 2 atom stereocenters. The molecule has 0 aliphatic rings. The molecule has 3 rings (SSSR count).